The number of halogens is 3. The second kappa shape index (κ2) is 5.30. The predicted molar refractivity (Wildman–Crippen MR) is 75.7 cm³/mol. The maximum absolute atomic E-state index is 12.2. The highest BCUT2D eigenvalue weighted by Crippen LogP contribution is 2.28. The van der Waals surface area contributed by atoms with Crippen LogP contribution in [0.1, 0.15) is 16.8 Å². The molecule has 1 fully saturated rings. The molecule has 0 spiro atoms. The molecule has 6 heteroatoms. The van der Waals surface area contributed by atoms with Gasteiger partial charge in [0.05, 0.1) is 16.7 Å². The van der Waals surface area contributed by atoms with Gasteiger partial charge in [-0.15, -0.1) is 0 Å². The van der Waals surface area contributed by atoms with Crippen molar-refractivity contribution in [3.63, 3.8) is 0 Å². The molecule has 0 aromatic heterocycles. The molecule has 17 heavy (non-hydrogen) atoms. The van der Waals surface area contributed by atoms with E-state index in [2.05, 4.69) is 0 Å². The number of aliphatic hydroxyl groups is 1. The van der Waals surface area contributed by atoms with Crippen LogP contribution in [0.15, 0.2) is 12.1 Å². The first kappa shape index (κ1) is 13.4. The van der Waals surface area contributed by atoms with Crippen LogP contribution >= 0.6 is 45.8 Å². The molecule has 1 atom stereocenters. The molecular weight excluding hydrogens is 376 g/mol. The Bertz CT molecular complexity index is 467. The standard InChI is InChI=1S/C11H10Cl2INO2/c12-6-3-8(10(14)9(13)4-6)11(17)15-2-1-7(16)5-15/h3-4,7,16H,1-2,5H2/t7-/m0/s1. The van der Waals surface area contributed by atoms with Gasteiger partial charge < -0.3 is 10.0 Å². The SMILES string of the molecule is O=C(c1cc(Cl)cc(Cl)c1I)N1CC[C@H](O)C1. The Morgan fingerprint density at radius 3 is 2.76 bits per heavy atom. The molecule has 2 rings (SSSR count). The van der Waals surface area contributed by atoms with E-state index >= 15 is 0 Å². The fourth-order valence-electron chi connectivity index (χ4n) is 1.81. The lowest BCUT2D eigenvalue weighted by atomic mass is 10.2. The van der Waals surface area contributed by atoms with Crippen molar-refractivity contribution in [3.8, 4) is 0 Å². The smallest absolute Gasteiger partial charge is 0.255 e. The normalized spacial score (nSPS) is 19.8. The summed E-state index contributed by atoms with van der Waals surface area (Å²) in [5.74, 6) is -0.129. The summed E-state index contributed by atoms with van der Waals surface area (Å²) in [6.45, 7) is 0.944. The van der Waals surface area contributed by atoms with Gasteiger partial charge in [0.25, 0.3) is 5.91 Å². The average Bonchev–Trinajstić information content (AvgIpc) is 2.69. The van der Waals surface area contributed by atoms with Crippen LogP contribution in [-0.4, -0.2) is 35.1 Å². The highest BCUT2D eigenvalue weighted by atomic mass is 127. The first-order valence-corrected chi connectivity index (χ1v) is 6.94. The van der Waals surface area contributed by atoms with Crippen molar-refractivity contribution in [1.29, 1.82) is 0 Å². The van der Waals surface area contributed by atoms with Crippen LogP contribution in [0.4, 0.5) is 0 Å². The van der Waals surface area contributed by atoms with Crippen molar-refractivity contribution in [1.82, 2.24) is 4.90 Å². The van der Waals surface area contributed by atoms with Crippen molar-refractivity contribution < 1.29 is 9.90 Å². The number of β-amino-alcohol motifs (C(OH)–C–C–N with tert-alkyl or cyclic N) is 1. The molecule has 0 aliphatic carbocycles. The lowest BCUT2D eigenvalue weighted by Gasteiger charge is -2.17. The van der Waals surface area contributed by atoms with Crippen molar-refractivity contribution in [2.24, 2.45) is 0 Å². The van der Waals surface area contributed by atoms with Crippen LogP contribution in [0.2, 0.25) is 10.0 Å². The van der Waals surface area contributed by atoms with Crippen molar-refractivity contribution >= 4 is 51.7 Å². The van der Waals surface area contributed by atoms with Gasteiger partial charge in [0.1, 0.15) is 0 Å². The Labute approximate surface area is 123 Å². The topological polar surface area (TPSA) is 40.5 Å². The highest BCUT2D eigenvalue weighted by molar-refractivity contribution is 14.1. The molecule has 0 saturated carbocycles. The van der Waals surface area contributed by atoms with Crippen LogP contribution in [0, 0.1) is 3.57 Å². The number of benzene rings is 1. The molecule has 1 N–H and O–H groups in total. The van der Waals surface area contributed by atoms with E-state index < -0.39 is 6.10 Å². The summed E-state index contributed by atoms with van der Waals surface area (Å²) in [5, 5.41) is 10.3. The Morgan fingerprint density at radius 1 is 1.47 bits per heavy atom. The first-order valence-electron chi connectivity index (χ1n) is 5.11. The van der Waals surface area contributed by atoms with Crippen molar-refractivity contribution in [3.05, 3.63) is 31.3 Å². The van der Waals surface area contributed by atoms with Crippen LogP contribution < -0.4 is 0 Å². The third kappa shape index (κ3) is 2.86. The highest BCUT2D eigenvalue weighted by Gasteiger charge is 2.27. The van der Waals surface area contributed by atoms with Crippen molar-refractivity contribution in [2.75, 3.05) is 13.1 Å². The Morgan fingerprint density at radius 2 is 2.18 bits per heavy atom. The molecule has 3 nitrogen and oxygen atoms in total. The zero-order valence-electron chi connectivity index (χ0n) is 8.79. The van der Waals surface area contributed by atoms with E-state index in [-0.39, 0.29) is 5.91 Å². The van der Waals surface area contributed by atoms with Gasteiger partial charge in [-0.1, -0.05) is 23.2 Å². The lowest BCUT2D eigenvalue weighted by molar-refractivity contribution is 0.0764. The fraction of sp³-hybridized carbons (Fsp3) is 0.364. The molecule has 92 valence electrons. The molecule has 1 saturated heterocycles. The minimum Gasteiger partial charge on any atom is -0.391 e. The number of nitrogens with zero attached hydrogens (tertiary/aromatic N) is 1. The molecule has 1 aliphatic heterocycles. The lowest BCUT2D eigenvalue weighted by Crippen LogP contribution is -2.30. The van der Waals surface area contributed by atoms with Gasteiger partial charge in [-0.25, -0.2) is 0 Å². The molecule has 1 heterocycles. The molecule has 1 aromatic rings. The van der Waals surface area contributed by atoms with Crippen molar-refractivity contribution in [2.45, 2.75) is 12.5 Å². The van der Waals surface area contributed by atoms with Gasteiger partial charge in [-0.2, -0.15) is 0 Å². The van der Waals surface area contributed by atoms with Crippen LogP contribution in [0.25, 0.3) is 0 Å². The number of hydrogen-bond donors (Lipinski definition) is 1. The third-order valence-corrected chi connectivity index (χ3v) is 4.67. The van der Waals surface area contributed by atoms with Gasteiger partial charge in [-0.3, -0.25) is 4.79 Å². The molecule has 1 aromatic carbocycles. The fourth-order valence-corrected chi connectivity index (χ4v) is 2.84. The molecule has 1 amide bonds. The summed E-state index contributed by atoms with van der Waals surface area (Å²) in [6.07, 6.45) is 0.197. The van der Waals surface area contributed by atoms with Gasteiger partial charge >= 0.3 is 0 Å². The number of hydrogen-bond acceptors (Lipinski definition) is 2. The van der Waals surface area contributed by atoms with Crippen LogP contribution in [-0.2, 0) is 0 Å². The monoisotopic (exact) mass is 385 g/mol. The van der Waals surface area contributed by atoms with E-state index in [0.29, 0.717) is 38.7 Å². The Hall–Kier alpha value is -0.0400. The molecule has 0 bridgehead atoms. The van der Waals surface area contributed by atoms with E-state index in [1.165, 1.54) is 0 Å². The minimum atomic E-state index is -0.425. The molecule has 0 radical (unpaired) electrons. The predicted octanol–water partition coefficient (Wildman–Crippen LogP) is 2.80. The molecule has 1 aliphatic rings. The maximum Gasteiger partial charge on any atom is 0.255 e. The maximum atomic E-state index is 12.2. The number of likely N-dealkylation sites (tertiary alicyclic amines) is 1. The number of aliphatic hydroxyl groups excluding tert-OH is 1. The van der Waals surface area contributed by atoms with Gasteiger partial charge in [-0.05, 0) is 41.1 Å². The Kier molecular flexibility index (Phi) is 4.18. The largest absolute Gasteiger partial charge is 0.391 e. The third-order valence-electron chi connectivity index (χ3n) is 2.67. The summed E-state index contributed by atoms with van der Waals surface area (Å²) in [5.41, 5.74) is 0.497. The second-order valence-electron chi connectivity index (χ2n) is 3.94. The van der Waals surface area contributed by atoms with Crippen LogP contribution in [0.3, 0.4) is 0 Å². The zero-order valence-corrected chi connectivity index (χ0v) is 12.5. The van der Waals surface area contributed by atoms with Gasteiger partial charge in [0, 0.05) is 21.7 Å². The number of carbonyl (C=O) groups excluding carboxylic acids is 1. The number of amides is 1. The zero-order chi connectivity index (χ0) is 12.6. The summed E-state index contributed by atoms with van der Waals surface area (Å²) in [6, 6.07) is 3.22. The van der Waals surface area contributed by atoms with E-state index in [9.17, 15) is 9.90 Å². The van der Waals surface area contributed by atoms with Gasteiger partial charge in [0.2, 0.25) is 0 Å². The minimum absolute atomic E-state index is 0.129. The molecular formula is C11H10Cl2INO2. The second-order valence-corrected chi connectivity index (χ2v) is 5.87. The number of rotatable bonds is 1. The summed E-state index contributed by atoms with van der Waals surface area (Å²) < 4.78 is 0.694. The van der Waals surface area contributed by atoms with Gasteiger partial charge in [0.15, 0.2) is 0 Å². The first-order chi connectivity index (χ1) is 7.99. The van der Waals surface area contributed by atoms with E-state index in [4.69, 9.17) is 23.2 Å². The molecule has 0 unspecified atom stereocenters. The summed E-state index contributed by atoms with van der Waals surface area (Å²) >= 11 is 13.9. The quantitative estimate of drug-likeness (QED) is 0.596. The van der Waals surface area contributed by atoms with E-state index in [1.54, 1.807) is 17.0 Å². The van der Waals surface area contributed by atoms with Crippen LogP contribution in [0.5, 0.6) is 0 Å². The summed E-state index contributed by atoms with van der Waals surface area (Å²) in [7, 11) is 0. The average molecular weight is 386 g/mol. The Balaban J connectivity index is 2.31. The van der Waals surface area contributed by atoms with E-state index in [1.807, 2.05) is 22.6 Å². The number of carbonyl (C=O) groups is 1. The van der Waals surface area contributed by atoms with E-state index in [0.717, 1.165) is 0 Å². The summed E-state index contributed by atoms with van der Waals surface area (Å²) in [4.78, 5) is 13.8.